The average molecular weight is 333 g/mol. The maximum Gasteiger partial charge on any atom is 0.223 e. The first-order valence-corrected chi connectivity index (χ1v) is 8.48. The van der Waals surface area contributed by atoms with Gasteiger partial charge in [-0.1, -0.05) is 16.5 Å². The van der Waals surface area contributed by atoms with Crippen LogP contribution >= 0.6 is 11.3 Å². The van der Waals surface area contributed by atoms with Crippen molar-refractivity contribution in [1.82, 2.24) is 29.8 Å². The van der Waals surface area contributed by atoms with Gasteiger partial charge in [-0.15, -0.1) is 0 Å². The van der Waals surface area contributed by atoms with Crippen LogP contribution in [-0.4, -0.2) is 56.0 Å². The molecule has 0 bridgehead atoms. The molecule has 0 atom stereocenters. The second-order valence-electron chi connectivity index (χ2n) is 5.85. The standard InChI is InChI=1S/C14H19N7OS/c1-9-12-13(19(3)17-9)16-14(23-12)21-6-4-20(5-7-21)8-11-15-10(2)22-18-11/h4-8H2,1-3H3. The van der Waals surface area contributed by atoms with E-state index < -0.39 is 0 Å². The monoisotopic (exact) mass is 333 g/mol. The van der Waals surface area contributed by atoms with E-state index in [0.29, 0.717) is 5.89 Å². The van der Waals surface area contributed by atoms with Crippen molar-refractivity contribution in [2.75, 3.05) is 31.1 Å². The molecule has 3 aromatic rings. The van der Waals surface area contributed by atoms with Crippen LogP contribution in [0, 0.1) is 13.8 Å². The predicted octanol–water partition coefficient (Wildman–Crippen LogP) is 1.35. The van der Waals surface area contributed by atoms with Crippen LogP contribution < -0.4 is 4.90 Å². The number of aromatic nitrogens is 5. The first-order valence-electron chi connectivity index (χ1n) is 7.67. The molecular formula is C14H19N7OS. The van der Waals surface area contributed by atoms with Gasteiger partial charge in [0.15, 0.2) is 16.6 Å². The second-order valence-corrected chi connectivity index (χ2v) is 6.83. The van der Waals surface area contributed by atoms with Crippen molar-refractivity contribution in [1.29, 1.82) is 0 Å². The van der Waals surface area contributed by atoms with Crippen LogP contribution in [0.2, 0.25) is 0 Å². The number of hydrogen-bond donors (Lipinski definition) is 0. The summed E-state index contributed by atoms with van der Waals surface area (Å²) in [5, 5.41) is 9.47. The maximum atomic E-state index is 5.03. The third-order valence-corrected chi connectivity index (χ3v) is 5.32. The van der Waals surface area contributed by atoms with E-state index in [-0.39, 0.29) is 0 Å². The maximum absolute atomic E-state index is 5.03. The van der Waals surface area contributed by atoms with Crippen LogP contribution in [0.15, 0.2) is 4.52 Å². The van der Waals surface area contributed by atoms with Crippen molar-refractivity contribution in [2.24, 2.45) is 7.05 Å². The van der Waals surface area contributed by atoms with Gasteiger partial charge in [-0.05, 0) is 6.92 Å². The lowest BCUT2D eigenvalue weighted by atomic mass is 10.3. The van der Waals surface area contributed by atoms with Crippen LogP contribution in [0.1, 0.15) is 17.4 Å². The van der Waals surface area contributed by atoms with Crippen molar-refractivity contribution in [3.05, 3.63) is 17.4 Å². The SMILES string of the molecule is Cc1nc(CN2CCN(c3nc4c(s3)c(C)nn4C)CC2)no1. The first kappa shape index (κ1) is 14.6. The summed E-state index contributed by atoms with van der Waals surface area (Å²) < 4.78 is 8.08. The first-order chi connectivity index (χ1) is 11.1. The van der Waals surface area contributed by atoms with E-state index in [1.54, 1.807) is 11.3 Å². The van der Waals surface area contributed by atoms with Gasteiger partial charge in [0.1, 0.15) is 0 Å². The molecule has 1 saturated heterocycles. The fraction of sp³-hybridized carbons (Fsp3) is 0.571. The third-order valence-electron chi connectivity index (χ3n) is 4.11. The van der Waals surface area contributed by atoms with Gasteiger partial charge in [-0.2, -0.15) is 10.1 Å². The minimum absolute atomic E-state index is 0.622. The molecular weight excluding hydrogens is 314 g/mol. The van der Waals surface area contributed by atoms with E-state index in [4.69, 9.17) is 9.51 Å². The van der Waals surface area contributed by atoms with Crippen LogP contribution in [0.25, 0.3) is 10.3 Å². The Morgan fingerprint density at radius 1 is 1.13 bits per heavy atom. The zero-order valence-electron chi connectivity index (χ0n) is 13.5. The molecule has 9 heteroatoms. The average Bonchev–Trinajstić information content (AvgIpc) is 3.20. The predicted molar refractivity (Wildman–Crippen MR) is 87.6 cm³/mol. The fourth-order valence-corrected chi connectivity index (χ4v) is 4.00. The van der Waals surface area contributed by atoms with Gasteiger partial charge in [-0.25, -0.2) is 9.67 Å². The Hall–Kier alpha value is -2.00. The van der Waals surface area contributed by atoms with Gasteiger partial charge in [0.25, 0.3) is 0 Å². The van der Waals surface area contributed by atoms with Gasteiger partial charge in [-0.3, -0.25) is 4.90 Å². The Morgan fingerprint density at radius 3 is 2.57 bits per heavy atom. The largest absolute Gasteiger partial charge is 0.345 e. The molecule has 1 aliphatic rings. The molecule has 23 heavy (non-hydrogen) atoms. The highest BCUT2D eigenvalue weighted by molar-refractivity contribution is 7.22. The lowest BCUT2D eigenvalue weighted by molar-refractivity contribution is 0.240. The smallest absolute Gasteiger partial charge is 0.223 e. The van der Waals surface area contributed by atoms with E-state index in [0.717, 1.165) is 55.0 Å². The molecule has 1 fully saturated rings. The van der Waals surface area contributed by atoms with Crippen LogP contribution in [0.3, 0.4) is 0 Å². The lowest BCUT2D eigenvalue weighted by Crippen LogP contribution is -2.46. The third kappa shape index (κ3) is 2.70. The Balaban J connectivity index is 1.43. The highest BCUT2D eigenvalue weighted by Gasteiger charge is 2.22. The number of nitrogens with zero attached hydrogens (tertiary/aromatic N) is 7. The normalized spacial score (nSPS) is 16.6. The van der Waals surface area contributed by atoms with E-state index >= 15 is 0 Å². The summed E-state index contributed by atoms with van der Waals surface area (Å²) in [5.41, 5.74) is 2.03. The number of piperazine rings is 1. The Kier molecular flexibility index (Phi) is 3.53. The van der Waals surface area contributed by atoms with Crippen LogP contribution in [-0.2, 0) is 13.6 Å². The summed E-state index contributed by atoms with van der Waals surface area (Å²) in [5.74, 6) is 1.38. The van der Waals surface area contributed by atoms with Crippen molar-refractivity contribution < 1.29 is 4.52 Å². The number of aryl methyl sites for hydroxylation is 3. The van der Waals surface area contributed by atoms with E-state index in [1.807, 2.05) is 25.6 Å². The fourth-order valence-electron chi connectivity index (χ4n) is 2.91. The van der Waals surface area contributed by atoms with Gasteiger partial charge >= 0.3 is 0 Å². The summed E-state index contributed by atoms with van der Waals surface area (Å²) >= 11 is 1.73. The van der Waals surface area contributed by atoms with Crippen molar-refractivity contribution in [2.45, 2.75) is 20.4 Å². The lowest BCUT2D eigenvalue weighted by Gasteiger charge is -2.33. The molecule has 0 saturated carbocycles. The van der Waals surface area contributed by atoms with Crippen molar-refractivity contribution in [3.63, 3.8) is 0 Å². The molecule has 0 radical (unpaired) electrons. The van der Waals surface area contributed by atoms with Gasteiger partial charge < -0.3 is 9.42 Å². The Morgan fingerprint density at radius 2 is 1.91 bits per heavy atom. The molecule has 8 nitrogen and oxygen atoms in total. The summed E-state index contributed by atoms with van der Waals surface area (Å²) in [6, 6.07) is 0. The molecule has 0 aromatic carbocycles. The van der Waals surface area contributed by atoms with Crippen molar-refractivity contribution >= 4 is 26.8 Å². The highest BCUT2D eigenvalue weighted by atomic mass is 32.1. The molecule has 3 aromatic heterocycles. The minimum Gasteiger partial charge on any atom is -0.345 e. The molecule has 0 aliphatic carbocycles. The molecule has 0 unspecified atom stereocenters. The van der Waals surface area contributed by atoms with Gasteiger partial charge in [0.2, 0.25) is 5.89 Å². The zero-order chi connectivity index (χ0) is 16.0. The number of thiazole rings is 1. The Bertz CT molecular complexity index is 793. The molecule has 0 spiro atoms. The number of hydrogen-bond acceptors (Lipinski definition) is 8. The molecule has 0 amide bonds. The number of fused-ring (bicyclic) bond motifs is 1. The number of rotatable bonds is 3. The molecule has 4 rings (SSSR count). The van der Waals surface area contributed by atoms with Gasteiger partial charge in [0, 0.05) is 40.2 Å². The zero-order valence-corrected chi connectivity index (χ0v) is 14.3. The Labute approximate surface area is 137 Å². The summed E-state index contributed by atoms with van der Waals surface area (Å²) in [7, 11) is 1.95. The van der Waals surface area contributed by atoms with E-state index in [2.05, 4.69) is 25.0 Å². The quantitative estimate of drug-likeness (QED) is 0.716. The molecule has 4 heterocycles. The molecule has 0 N–H and O–H groups in total. The topological polar surface area (TPSA) is 76.1 Å². The summed E-state index contributed by atoms with van der Waals surface area (Å²) in [6.45, 7) is 8.47. The second kappa shape index (κ2) is 5.57. The van der Waals surface area contributed by atoms with Gasteiger partial charge in [0.05, 0.1) is 16.9 Å². The van der Waals surface area contributed by atoms with Crippen molar-refractivity contribution in [3.8, 4) is 0 Å². The summed E-state index contributed by atoms with van der Waals surface area (Å²) in [4.78, 5) is 13.7. The summed E-state index contributed by atoms with van der Waals surface area (Å²) in [6.07, 6.45) is 0. The minimum atomic E-state index is 0.622. The van der Waals surface area contributed by atoms with E-state index in [9.17, 15) is 0 Å². The van der Waals surface area contributed by atoms with Crippen LogP contribution in [0.5, 0.6) is 0 Å². The molecule has 122 valence electrons. The number of anilines is 1. The molecule has 1 aliphatic heterocycles. The highest BCUT2D eigenvalue weighted by Crippen LogP contribution is 2.31. The van der Waals surface area contributed by atoms with Crippen LogP contribution in [0.4, 0.5) is 5.13 Å². The van der Waals surface area contributed by atoms with E-state index in [1.165, 1.54) is 4.70 Å².